The fourth-order valence-corrected chi connectivity index (χ4v) is 4.56. The van der Waals surface area contributed by atoms with Gasteiger partial charge in [-0.25, -0.2) is 9.78 Å². The number of aromatic nitrogens is 1. The van der Waals surface area contributed by atoms with E-state index in [2.05, 4.69) is 9.92 Å². The average Bonchev–Trinajstić information content (AvgIpc) is 3.36. The van der Waals surface area contributed by atoms with Gasteiger partial charge in [0.1, 0.15) is 12.4 Å². The molecule has 168 valence electrons. The van der Waals surface area contributed by atoms with Gasteiger partial charge < -0.3 is 4.74 Å². The number of amides is 1. The molecule has 3 aromatic rings. The minimum Gasteiger partial charge on any atom is -0.487 e. The fraction of sp³-hybridized carbons (Fsp3) is 0.360. The zero-order chi connectivity index (χ0) is 22.6. The number of nitrogens with two attached hydrogens (primary N) is 1. The fourth-order valence-electron chi connectivity index (χ4n) is 4.56. The summed E-state index contributed by atoms with van der Waals surface area (Å²) < 4.78 is 5.95. The Kier molecular flexibility index (Phi) is 6.81. The molecule has 2 aromatic carbocycles. The van der Waals surface area contributed by atoms with Gasteiger partial charge in [-0.2, -0.15) is 11.1 Å². The number of hydrogen-bond acceptors (Lipinski definition) is 6. The first-order chi connectivity index (χ1) is 15.5. The minimum absolute atomic E-state index is 0.0499. The quantitative estimate of drug-likeness (QED) is 0.303. The Morgan fingerprint density at radius 3 is 2.53 bits per heavy atom. The van der Waals surface area contributed by atoms with Gasteiger partial charge in [-0.15, -0.1) is 0 Å². The molecule has 1 amide bonds. The summed E-state index contributed by atoms with van der Waals surface area (Å²) in [5.41, 5.74) is 2.84. The van der Waals surface area contributed by atoms with Crippen LogP contribution in [0.15, 0.2) is 60.7 Å². The van der Waals surface area contributed by atoms with Crippen LogP contribution in [-0.4, -0.2) is 27.5 Å². The number of pyridine rings is 1. The van der Waals surface area contributed by atoms with E-state index in [0.29, 0.717) is 12.5 Å². The molecular formula is C25H30N3O4+. The molecule has 0 radical (unpaired) electrons. The Morgan fingerprint density at radius 2 is 1.84 bits per heavy atom. The maximum Gasteiger partial charge on any atom is 0.377 e. The van der Waals surface area contributed by atoms with Crippen LogP contribution < -0.4 is 10.6 Å². The smallest absolute Gasteiger partial charge is 0.377 e. The zero-order valence-corrected chi connectivity index (χ0v) is 18.3. The zero-order valence-electron chi connectivity index (χ0n) is 18.3. The standard InChI is InChI=1S/C25H30N3O4/c1-18(29)28(30,32-26)16-24(19-6-2-3-7-19)20-11-14-23(15-12-20)31-17-22-13-10-21-8-4-5-9-25(21)27-22/h4-5,8-15,19,24,30H,2-3,6-7,16-17,26H2,1H3/q+1. The van der Waals surface area contributed by atoms with Gasteiger partial charge in [0.25, 0.3) is 0 Å². The number of ether oxygens (including phenoxy) is 1. The highest BCUT2D eigenvalue weighted by Crippen LogP contribution is 2.39. The van der Waals surface area contributed by atoms with Gasteiger partial charge in [-0.05, 0) is 48.6 Å². The van der Waals surface area contributed by atoms with Crippen LogP contribution in [0.3, 0.4) is 0 Å². The van der Waals surface area contributed by atoms with Crippen LogP contribution in [0.2, 0.25) is 0 Å². The first kappa shape index (κ1) is 22.4. The number of quaternary nitrogens is 1. The van der Waals surface area contributed by atoms with Crippen molar-refractivity contribution in [1.29, 1.82) is 0 Å². The van der Waals surface area contributed by atoms with Gasteiger partial charge in [0.2, 0.25) is 0 Å². The molecule has 0 spiro atoms. The lowest BCUT2D eigenvalue weighted by atomic mass is 9.84. The molecule has 1 aromatic heterocycles. The first-order valence-corrected chi connectivity index (χ1v) is 11.1. The number of benzene rings is 2. The number of fused-ring (bicyclic) bond motifs is 1. The van der Waals surface area contributed by atoms with Crippen LogP contribution in [0.25, 0.3) is 10.9 Å². The Hall–Kier alpha value is -2.84. The van der Waals surface area contributed by atoms with Crippen molar-refractivity contribution in [2.75, 3.05) is 6.54 Å². The van der Waals surface area contributed by atoms with Gasteiger partial charge in [-0.1, -0.05) is 54.2 Å². The summed E-state index contributed by atoms with van der Waals surface area (Å²) in [4.78, 5) is 20.0. The summed E-state index contributed by atoms with van der Waals surface area (Å²) in [6.45, 7) is 1.73. The Balaban J connectivity index is 1.47. The third-order valence-corrected chi connectivity index (χ3v) is 6.43. The molecule has 1 saturated carbocycles. The molecule has 7 nitrogen and oxygen atoms in total. The molecule has 1 aliphatic rings. The van der Waals surface area contributed by atoms with Crippen LogP contribution in [0.5, 0.6) is 5.75 Å². The van der Waals surface area contributed by atoms with Crippen LogP contribution in [-0.2, 0) is 16.3 Å². The number of carbonyl (C=O) groups excluding carboxylic acids is 1. The van der Waals surface area contributed by atoms with Crippen molar-refractivity contribution in [2.24, 2.45) is 11.8 Å². The number of nitrogens with zero attached hydrogens (tertiary/aromatic N) is 2. The van der Waals surface area contributed by atoms with Gasteiger partial charge in [0.15, 0.2) is 6.54 Å². The SMILES string of the molecule is CC(=O)[N+](O)(CC(c1ccc(OCc2ccc3ccccc3n2)cc1)C1CCCC1)ON. The second-order valence-corrected chi connectivity index (χ2v) is 8.51. The molecule has 3 N–H and O–H groups in total. The van der Waals surface area contributed by atoms with Crippen molar-refractivity contribution < 1.29 is 24.5 Å². The van der Waals surface area contributed by atoms with Crippen LogP contribution >= 0.6 is 0 Å². The Labute approximate surface area is 187 Å². The van der Waals surface area contributed by atoms with Crippen molar-refractivity contribution in [3.8, 4) is 5.75 Å². The first-order valence-electron chi connectivity index (χ1n) is 11.1. The van der Waals surface area contributed by atoms with Crippen LogP contribution in [0.4, 0.5) is 0 Å². The number of hydrogen-bond donors (Lipinski definition) is 2. The van der Waals surface area contributed by atoms with E-state index in [9.17, 15) is 10.0 Å². The van der Waals surface area contributed by atoms with Crippen molar-refractivity contribution >= 4 is 16.8 Å². The molecule has 2 atom stereocenters. The van der Waals surface area contributed by atoms with Crippen molar-refractivity contribution in [3.05, 3.63) is 71.9 Å². The average molecular weight is 437 g/mol. The summed E-state index contributed by atoms with van der Waals surface area (Å²) in [6.07, 6.45) is 4.41. The predicted octanol–water partition coefficient (Wildman–Crippen LogP) is 4.65. The second-order valence-electron chi connectivity index (χ2n) is 8.51. The molecule has 1 aliphatic carbocycles. The predicted molar refractivity (Wildman–Crippen MR) is 120 cm³/mol. The maximum atomic E-state index is 11.9. The maximum absolute atomic E-state index is 11.9. The van der Waals surface area contributed by atoms with E-state index in [1.54, 1.807) is 0 Å². The highest BCUT2D eigenvalue weighted by molar-refractivity contribution is 5.78. The normalized spacial score (nSPS) is 17.2. The lowest BCUT2D eigenvalue weighted by Gasteiger charge is -2.29. The van der Waals surface area contributed by atoms with Crippen molar-refractivity contribution in [1.82, 2.24) is 4.98 Å². The molecule has 4 rings (SSSR count). The van der Waals surface area contributed by atoms with Crippen molar-refractivity contribution in [2.45, 2.75) is 45.1 Å². The molecule has 0 saturated heterocycles. The molecular weight excluding hydrogens is 406 g/mol. The number of rotatable bonds is 8. The van der Waals surface area contributed by atoms with Gasteiger partial charge in [0.05, 0.1) is 18.1 Å². The lowest BCUT2D eigenvalue weighted by Crippen LogP contribution is -2.53. The molecule has 1 heterocycles. The Morgan fingerprint density at radius 1 is 1.12 bits per heavy atom. The second kappa shape index (κ2) is 9.75. The lowest BCUT2D eigenvalue weighted by molar-refractivity contribution is -1.19. The largest absolute Gasteiger partial charge is 0.487 e. The van der Waals surface area contributed by atoms with Crippen LogP contribution in [0.1, 0.15) is 49.8 Å². The topological polar surface area (TPSA) is 94.7 Å². The van der Waals surface area contributed by atoms with Gasteiger partial charge >= 0.3 is 5.91 Å². The number of para-hydroxylation sites is 1. The molecule has 1 fully saturated rings. The van der Waals surface area contributed by atoms with Gasteiger partial charge in [-0.3, -0.25) is 0 Å². The van der Waals surface area contributed by atoms with Gasteiger partial charge in [0, 0.05) is 16.1 Å². The van der Waals surface area contributed by atoms with E-state index in [0.717, 1.165) is 53.6 Å². The number of carbonyl (C=O) groups is 1. The monoisotopic (exact) mass is 436 g/mol. The van der Waals surface area contributed by atoms with E-state index in [-0.39, 0.29) is 12.5 Å². The highest BCUT2D eigenvalue weighted by atomic mass is 17.0. The molecule has 0 bridgehead atoms. The molecule has 32 heavy (non-hydrogen) atoms. The van der Waals surface area contributed by atoms with E-state index >= 15 is 0 Å². The van der Waals surface area contributed by atoms with E-state index in [4.69, 9.17) is 10.6 Å². The summed E-state index contributed by atoms with van der Waals surface area (Å²) in [7, 11) is 0. The van der Waals surface area contributed by atoms with E-state index in [1.807, 2.05) is 60.7 Å². The van der Waals surface area contributed by atoms with Crippen molar-refractivity contribution in [3.63, 3.8) is 0 Å². The third-order valence-electron chi connectivity index (χ3n) is 6.43. The molecule has 2 unspecified atom stereocenters. The summed E-state index contributed by atoms with van der Waals surface area (Å²) in [6, 6.07) is 19.8. The van der Waals surface area contributed by atoms with E-state index < -0.39 is 10.7 Å². The Bertz CT molecular complexity index is 1070. The summed E-state index contributed by atoms with van der Waals surface area (Å²) in [5.74, 6) is 5.77. The molecule has 7 heteroatoms. The van der Waals surface area contributed by atoms with Crippen LogP contribution in [0, 0.1) is 5.92 Å². The highest BCUT2D eigenvalue weighted by Gasteiger charge is 2.41. The third kappa shape index (κ3) is 4.97. The number of hydroxylamine groups is 4. The minimum atomic E-state index is -1.23. The summed E-state index contributed by atoms with van der Waals surface area (Å²) >= 11 is 0. The molecule has 0 aliphatic heterocycles. The van der Waals surface area contributed by atoms with E-state index in [1.165, 1.54) is 6.92 Å². The summed E-state index contributed by atoms with van der Waals surface area (Å²) in [5, 5.41) is 11.6.